The Balaban J connectivity index is 1.82. The molecule has 0 amide bonds. The zero-order chi connectivity index (χ0) is 14.9. The van der Waals surface area contributed by atoms with Gasteiger partial charge in [-0.15, -0.1) is 0 Å². The third-order valence-corrected chi connectivity index (χ3v) is 7.59. The highest BCUT2D eigenvalue weighted by Gasteiger charge is 2.28. The highest BCUT2D eigenvalue weighted by molar-refractivity contribution is 9.10. The first kappa shape index (κ1) is 15.8. The van der Waals surface area contributed by atoms with Gasteiger partial charge < -0.3 is 5.32 Å². The van der Waals surface area contributed by atoms with Gasteiger partial charge in [0.2, 0.25) is 10.0 Å². The average Bonchev–Trinajstić information content (AvgIpc) is 3.31. The molecule has 0 aromatic heterocycles. The van der Waals surface area contributed by atoms with Gasteiger partial charge in [0.1, 0.15) is 0 Å². The van der Waals surface area contributed by atoms with Crippen LogP contribution >= 0.6 is 27.7 Å². The molecule has 1 aromatic carbocycles. The number of hydrogen-bond acceptors (Lipinski definition) is 4. The Morgan fingerprint density at radius 3 is 2.67 bits per heavy atom. The number of halogens is 1. The molecule has 1 aliphatic heterocycles. The molecule has 7 heteroatoms. The largest absolute Gasteiger partial charge is 0.310 e. The van der Waals surface area contributed by atoms with Crippen LogP contribution in [0.2, 0.25) is 0 Å². The average molecular weight is 391 g/mol. The number of hydrogen-bond donors (Lipinski definition) is 1. The Morgan fingerprint density at radius 2 is 2.00 bits per heavy atom. The smallest absolute Gasteiger partial charge is 0.244 e. The Labute approximate surface area is 138 Å². The molecule has 2 fully saturated rings. The number of sulfonamides is 1. The van der Waals surface area contributed by atoms with Crippen LogP contribution in [0, 0.1) is 0 Å². The van der Waals surface area contributed by atoms with E-state index in [0.717, 1.165) is 23.6 Å². The maximum absolute atomic E-state index is 12.8. The molecule has 1 aliphatic carbocycles. The van der Waals surface area contributed by atoms with E-state index in [0.29, 0.717) is 28.5 Å². The van der Waals surface area contributed by atoms with Gasteiger partial charge in [-0.2, -0.15) is 16.1 Å². The predicted octanol–water partition coefficient (Wildman–Crippen LogP) is 2.44. The summed E-state index contributed by atoms with van der Waals surface area (Å²) in [5.41, 5.74) is 1.02. The zero-order valence-corrected chi connectivity index (χ0v) is 14.9. The normalized spacial score (nSPS) is 20.6. The summed E-state index contributed by atoms with van der Waals surface area (Å²) in [4.78, 5) is 0.393. The van der Waals surface area contributed by atoms with Gasteiger partial charge in [0.15, 0.2) is 0 Å². The summed E-state index contributed by atoms with van der Waals surface area (Å²) in [6.45, 7) is 1.93. The van der Waals surface area contributed by atoms with Crippen molar-refractivity contribution in [2.24, 2.45) is 0 Å². The van der Waals surface area contributed by atoms with Gasteiger partial charge in [-0.1, -0.05) is 6.07 Å². The van der Waals surface area contributed by atoms with Gasteiger partial charge in [0.25, 0.3) is 0 Å². The third-order valence-electron chi connectivity index (χ3n) is 3.76. The third kappa shape index (κ3) is 3.82. The first-order valence-corrected chi connectivity index (χ1v) is 10.6. The molecular weight excluding hydrogens is 372 g/mol. The second-order valence-electron chi connectivity index (χ2n) is 5.44. The van der Waals surface area contributed by atoms with E-state index >= 15 is 0 Å². The van der Waals surface area contributed by atoms with E-state index in [9.17, 15) is 8.42 Å². The lowest BCUT2D eigenvalue weighted by Crippen LogP contribution is -2.38. The lowest BCUT2D eigenvalue weighted by Gasteiger charge is -2.26. The molecule has 0 unspecified atom stereocenters. The van der Waals surface area contributed by atoms with Crippen molar-refractivity contribution in [1.29, 1.82) is 0 Å². The van der Waals surface area contributed by atoms with Crippen LogP contribution in [-0.2, 0) is 16.6 Å². The van der Waals surface area contributed by atoms with E-state index in [1.165, 1.54) is 12.8 Å². The first-order valence-electron chi connectivity index (χ1n) is 7.17. The summed E-state index contributed by atoms with van der Waals surface area (Å²) >= 11 is 5.20. The van der Waals surface area contributed by atoms with Crippen LogP contribution < -0.4 is 5.32 Å². The summed E-state index contributed by atoms with van der Waals surface area (Å²) in [5.74, 6) is 1.75. The Hall–Kier alpha value is -0.0800. The van der Waals surface area contributed by atoms with Crippen LogP contribution in [0.4, 0.5) is 0 Å². The van der Waals surface area contributed by atoms with E-state index in [4.69, 9.17) is 0 Å². The zero-order valence-electron chi connectivity index (χ0n) is 11.7. The van der Waals surface area contributed by atoms with Crippen molar-refractivity contribution in [2.45, 2.75) is 30.3 Å². The van der Waals surface area contributed by atoms with Crippen LogP contribution in [0.25, 0.3) is 0 Å². The van der Waals surface area contributed by atoms with Crippen molar-refractivity contribution in [1.82, 2.24) is 9.62 Å². The SMILES string of the molecule is O=S(=O)(c1cc(CNC2CC2)ccc1Br)N1CCSCC1. The molecule has 116 valence electrons. The Kier molecular flexibility index (Phi) is 4.95. The van der Waals surface area contributed by atoms with Gasteiger partial charge in [0, 0.05) is 41.7 Å². The molecule has 21 heavy (non-hydrogen) atoms. The fourth-order valence-electron chi connectivity index (χ4n) is 2.33. The molecule has 3 rings (SSSR count). The van der Waals surface area contributed by atoms with Crippen molar-refractivity contribution < 1.29 is 8.42 Å². The standard InChI is InChI=1S/C14H19BrN2O2S2/c15-13-4-1-11(10-16-12-2-3-12)9-14(13)21(18,19)17-5-7-20-8-6-17/h1,4,9,12,16H,2-3,5-8,10H2. The van der Waals surface area contributed by atoms with Gasteiger partial charge in [-0.05, 0) is 46.5 Å². The van der Waals surface area contributed by atoms with E-state index < -0.39 is 10.0 Å². The molecule has 1 N–H and O–H groups in total. The maximum atomic E-state index is 12.8. The van der Waals surface area contributed by atoms with Crippen molar-refractivity contribution in [2.75, 3.05) is 24.6 Å². The fraction of sp³-hybridized carbons (Fsp3) is 0.571. The molecular formula is C14H19BrN2O2S2. The first-order chi connectivity index (χ1) is 10.1. The lowest BCUT2D eigenvalue weighted by molar-refractivity contribution is 0.443. The minimum absolute atomic E-state index is 0.393. The topological polar surface area (TPSA) is 49.4 Å². The van der Waals surface area contributed by atoms with Crippen molar-refractivity contribution in [3.63, 3.8) is 0 Å². The summed E-state index contributed by atoms with van der Waals surface area (Å²) in [6, 6.07) is 6.24. The number of nitrogens with zero attached hydrogens (tertiary/aromatic N) is 1. The number of benzene rings is 1. The second kappa shape index (κ2) is 6.58. The van der Waals surface area contributed by atoms with Crippen LogP contribution in [0.1, 0.15) is 18.4 Å². The summed E-state index contributed by atoms with van der Waals surface area (Å²) < 4.78 is 27.8. The number of thioether (sulfide) groups is 1. The molecule has 1 aromatic rings. The molecule has 0 bridgehead atoms. The summed E-state index contributed by atoms with van der Waals surface area (Å²) in [6.07, 6.45) is 2.46. The number of nitrogens with one attached hydrogen (secondary N) is 1. The van der Waals surface area contributed by atoms with Crippen LogP contribution in [0.3, 0.4) is 0 Å². The van der Waals surface area contributed by atoms with E-state index in [-0.39, 0.29) is 0 Å². The Bertz CT molecular complexity index is 611. The van der Waals surface area contributed by atoms with E-state index in [1.807, 2.05) is 23.9 Å². The van der Waals surface area contributed by atoms with Gasteiger partial charge in [-0.25, -0.2) is 8.42 Å². The maximum Gasteiger partial charge on any atom is 0.244 e. The quantitative estimate of drug-likeness (QED) is 0.838. The van der Waals surface area contributed by atoms with Gasteiger partial charge in [0.05, 0.1) is 4.90 Å². The van der Waals surface area contributed by atoms with Crippen molar-refractivity contribution in [3.05, 3.63) is 28.2 Å². The fourth-order valence-corrected chi connectivity index (χ4v) is 5.88. The monoisotopic (exact) mass is 390 g/mol. The minimum Gasteiger partial charge on any atom is -0.310 e. The molecule has 0 spiro atoms. The van der Waals surface area contributed by atoms with E-state index in [1.54, 1.807) is 10.4 Å². The Morgan fingerprint density at radius 1 is 1.29 bits per heavy atom. The second-order valence-corrected chi connectivity index (χ2v) is 9.42. The number of rotatable bonds is 5. The highest BCUT2D eigenvalue weighted by atomic mass is 79.9. The molecule has 1 saturated carbocycles. The molecule has 2 aliphatic rings. The van der Waals surface area contributed by atoms with E-state index in [2.05, 4.69) is 21.2 Å². The molecule has 1 heterocycles. The predicted molar refractivity (Wildman–Crippen MR) is 90.1 cm³/mol. The molecule has 0 radical (unpaired) electrons. The van der Waals surface area contributed by atoms with Crippen LogP contribution in [-0.4, -0.2) is 43.4 Å². The molecule has 1 saturated heterocycles. The molecule has 4 nitrogen and oxygen atoms in total. The van der Waals surface area contributed by atoms with Crippen LogP contribution in [0.5, 0.6) is 0 Å². The summed E-state index contributed by atoms with van der Waals surface area (Å²) in [7, 11) is -3.39. The molecule has 0 atom stereocenters. The summed E-state index contributed by atoms with van der Waals surface area (Å²) in [5, 5.41) is 3.42. The lowest BCUT2D eigenvalue weighted by atomic mass is 10.2. The highest BCUT2D eigenvalue weighted by Crippen LogP contribution is 2.28. The van der Waals surface area contributed by atoms with Gasteiger partial charge in [-0.3, -0.25) is 0 Å². The van der Waals surface area contributed by atoms with Crippen molar-refractivity contribution in [3.8, 4) is 0 Å². The van der Waals surface area contributed by atoms with Crippen LogP contribution in [0.15, 0.2) is 27.6 Å². The van der Waals surface area contributed by atoms with Crippen molar-refractivity contribution >= 4 is 37.7 Å². The van der Waals surface area contributed by atoms with Gasteiger partial charge >= 0.3 is 0 Å². The minimum atomic E-state index is -3.39.